The molecule has 120 valence electrons. The predicted octanol–water partition coefficient (Wildman–Crippen LogP) is 6.01. The van der Waals surface area contributed by atoms with Crippen molar-refractivity contribution >= 4 is 61.3 Å². The molecule has 3 heteroatoms. The van der Waals surface area contributed by atoms with Crippen molar-refractivity contribution in [2.24, 2.45) is 0 Å². The van der Waals surface area contributed by atoms with E-state index in [1.807, 2.05) is 36.4 Å². The molecule has 0 saturated heterocycles. The lowest BCUT2D eigenvalue weighted by atomic mass is 10.0. The Labute approximate surface area is 154 Å². The lowest BCUT2D eigenvalue weighted by Gasteiger charge is -2.16. The Morgan fingerprint density at radius 2 is 1.28 bits per heavy atom. The van der Waals surface area contributed by atoms with Gasteiger partial charge in [0.15, 0.2) is 7.14 Å². The fourth-order valence-electron chi connectivity index (χ4n) is 3.62. The molecule has 0 spiro atoms. The van der Waals surface area contributed by atoms with Gasteiger partial charge in [-0.05, 0) is 73.4 Å². The molecule has 0 aliphatic carbocycles. The van der Waals surface area contributed by atoms with Gasteiger partial charge in [0, 0.05) is 10.6 Å². The topological polar surface area (TPSA) is 17.1 Å². The summed E-state index contributed by atoms with van der Waals surface area (Å²) < 4.78 is 14.7. The van der Waals surface area contributed by atoms with Gasteiger partial charge in [-0.3, -0.25) is 0 Å². The van der Waals surface area contributed by atoms with Crippen LogP contribution in [0, 0.1) is 0 Å². The van der Waals surface area contributed by atoms with E-state index in [1.165, 1.54) is 16.2 Å². The van der Waals surface area contributed by atoms with E-state index in [1.54, 1.807) is 0 Å². The van der Waals surface area contributed by atoms with Crippen LogP contribution in [0.1, 0.15) is 5.56 Å². The minimum atomic E-state index is -2.79. The van der Waals surface area contributed by atoms with Gasteiger partial charge in [0.2, 0.25) is 0 Å². The summed E-state index contributed by atoms with van der Waals surface area (Å²) in [5, 5.41) is 6.53. The van der Waals surface area contributed by atoms with Crippen molar-refractivity contribution < 1.29 is 4.57 Å². The second kappa shape index (κ2) is 5.42. The zero-order chi connectivity index (χ0) is 17.0. The molecule has 1 unspecified atom stereocenters. The second-order valence-corrected chi connectivity index (χ2v) is 10.5. The summed E-state index contributed by atoms with van der Waals surface area (Å²) in [6.07, 6.45) is 2.01. The fraction of sp³-hybridized carbons (Fsp3) is 0. The molecular formula is C22H14BrOP. The van der Waals surface area contributed by atoms with Crippen molar-refractivity contribution in [3.05, 3.63) is 88.6 Å². The Kier molecular flexibility index (Phi) is 3.28. The first-order valence-corrected chi connectivity index (χ1v) is 10.7. The summed E-state index contributed by atoms with van der Waals surface area (Å²) in [5.41, 5.74) is 1.04. The number of rotatable bonds is 1. The standard InChI is InChI=1S/C22H14BrOP/c23-22-14-19-12-17-10-15-6-4-5-7-16(15)11-18(17)13-21(19)25(22,24)20-8-2-1-3-9-20/h1-14H. The van der Waals surface area contributed by atoms with Crippen molar-refractivity contribution in [2.45, 2.75) is 0 Å². The fourth-order valence-corrected chi connectivity index (χ4v) is 7.54. The molecule has 1 aliphatic heterocycles. The lowest BCUT2D eigenvalue weighted by molar-refractivity contribution is 0.592. The predicted molar refractivity (Wildman–Crippen MR) is 112 cm³/mol. The molecule has 1 aliphatic rings. The van der Waals surface area contributed by atoms with Crippen LogP contribution in [0.25, 0.3) is 27.6 Å². The van der Waals surface area contributed by atoms with Gasteiger partial charge in [-0.25, -0.2) is 0 Å². The SMILES string of the molecule is O=P1(c2ccccc2)C(Br)=Cc2cc3cc4ccccc4cc3cc21. The van der Waals surface area contributed by atoms with Gasteiger partial charge in [0.25, 0.3) is 0 Å². The van der Waals surface area contributed by atoms with E-state index < -0.39 is 7.14 Å². The molecule has 4 aromatic carbocycles. The van der Waals surface area contributed by atoms with Crippen molar-refractivity contribution in [1.82, 2.24) is 0 Å². The van der Waals surface area contributed by atoms with E-state index in [2.05, 4.69) is 64.5 Å². The Morgan fingerprint density at radius 1 is 0.680 bits per heavy atom. The van der Waals surface area contributed by atoms with Gasteiger partial charge < -0.3 is 4.57 Å². The Balaban J connectivity index is 1.83. The third kappa shape index (κ3) is 2.18. The molecule has 0 N–H and O–H groups in total. The maximum Gasteiger partial charge on any atom is 0.178 e. The molecule has 25 heavy (non-hydrogen) atoms. The van der Waals surface area contributed by atoms with Gasteiger partial charge in [-0.15, -0.1) is 0 Å². The minimum Gasteiger partial charge on any atom is -0.308 e. The van der Waals surface area contributed by atoms with Gasteiger partial charge >= 0.3 is 0 Å². The van der Waals surface area contributed by atoms with Gasteiger partial charge in [-0.2, -0.15) is 0 Å². The molecular weight excluding hydrogens is 391 g/mol. The first kappa shape index (κ1) is 15.1. The van der Waals surface area contributed by atoms with Gasteiger partial charge in [0.1, 0.15) is 0 Å². The quantitative estimate of drug-likeness (QED) is 0.280. The number of hydrogen-bond acceptors (Lipinski definition) is 1. The summed E-state index contributed by atoms with van der Waals surface area (Å²) in [6.45, 7) is 0. The molecule has 1 nitrogen and oxygen atoms in total. The van der Waals surface area contributed by atoms with E-state index in [4.69, 9.17) is 0 Å². The van der Waals surface area contributed by atoms with Crippen molar-refractivity contribution in [3.63, 3.8) is 0 Å². The number of fused-ring (bicyclic) bond motifs is 3. The van der Waals surface area contributed by atoms with Gasteiger partial charge in [0.05, 0.1) is 4.22 Å². The summed E-state index contributed by atoms with van der Waals surface area (Å²) in [5.74, 6) is 0. The summed E-state index contributed by atoms with van der Waals surface area (Å²) in [7, 11) is -2.79. The first-order chi connectivity index (χ1) is 12.2. The maximum absolute atomic E-state index is 14.0. The van der Waals surface area contributed by atoms with Crippen LogP contribution in [-0.4, -0.2) is 0 Å². The van der Waals surface area contributed by atoms with Crippen LogP contribution in [0.15, 0.2) is 83.1 Å². The van der Waals surface area contributed by atoms with Crippen molar-refractivity contribution in [1.29, 1.82) is 0 Å². The third-order valence-corrected chi connectivity index (χ3v) is 9.43. The Bertz CT molecular complexity index is 1220. The highest BCUT2D eigenvalue weighted by Gasteiger charge is 2.37. The molecule has 1 atom stereocenters. The molecule has 4 aromatic rings. The average molecular weight is 405 g/mol. The second-order valence-electron chi connectivity index (χ2n) is 6.37. The minimum absolute atomic E-state index is 0.779. The molecule has 0 saturated carbocycles. The van der Waals surface area contributed by atoms with E-state index in [-0.39, 0.29) is 0 Å². The molecule has 1 heterocycles. The molecule has 0 aromatic heterocycles. The Morgan fingerprint density at radius 3 is 1.96 bits per heavy atom. The van der Waals surface area contributed by atoms with Crippen molar-refractivity contribution in [3.8, 4) is 0 Å². The van der Waals surface area contributed by atoms with E-state index in [0.29, 0.717) is 0 Å². The highest BCUT2D eigenvalue weighted by molar-refractivity contribution is 9.13. The molecule has 0 bridgehead atoms. The zero-order valence-electron chi connectivity index (χ0n) is 13.3. The van der Waals surface area contributed by atoms with Crippen LogP contribution in [0.3, 0.4) is 0 Å². The number of benzene rings is 4. The largest absolute Gasteiger partial charge is 0.308 e. The van der Waals surface area contributed by atoms with Crippen LogP contribution < -0.4 is 10.6 Å². The highest BCUT2D eigenvalue weighted by atomic mass is 79.9. The van der Waals surface area contributed by atoms with Crippen LogP contribution in [0.2, 0.25) is 0 Å². The summed E-state index contributed by atoms with van der Waals surface area (Å²) in [6, 6.07) is 26.8. The first-order valence-electron chi connectivity index (χ1n) is 8.17. The van der Waals surface area contributed by atoms with E-state index in [9.17, 15) is 4.57 Å². The van der Waals surface area contributed by atoms with Crippen LogP contribution in [0.5, 0.6) is 0 Å². The van der Waals surface area contributed by atoms with Crippen molar-refractivity contribution in [2.75, 3.05) is 0 Å². The number of halogens is 1. The molecule has 0 fully saturated rings. The molecule has 5 rings (SSSR count). The van der Waals surface area contributed by atoms with Crippen LogP contribution >= 0.6 is 23.1 Å². The molecule has 0 radical (unpaired) electrons. The maximum atomic E-state index is 14.0. The highest BCUT2D eigenvalue weighted by Crippen LogP contribution is 2.60. The average Bonchev–Trinajstić information content (AvgIpc) is 2.90. The monoisotopic (exact) mass is 404 g/mol. The van der Waals surface area contributed by atoms with Crippen LogP contribution in [0.4, 0.5) is 0 Å². The molecule has 0 amide bonds. The number of hydrogen-bond donors (Lipinski definition) is 0. The van der Waals surface area contributed by atoms with Gasteiger partial charge in [-0.1, -0.05) is 54.6 Å². The van der Waals surface area contributed by atoms with Crippen LogP contribution in [-0.2, 0) is 4.57 Å². The lowest BCUT2D eigenvalue weighted by Crippen LogP contribution is -2.14. The zero-order valence-corrected chi connectivity index (χ0v) is 15.8. The Hall–Kier alpha value is -2.15. The van der Waals surface area contributed by atoms with E-state index in [0.717, 1.165) is 25.8 Å². The smallest absolute Gasteiger partial charge is 0.178 e. The summed E-state index contributed by atoms with van der Waals surface area (Å²) >= 11 is 3.59. The normalized spacial score (nSPS) is 19.2. The van der Waals surface area contributed by atoms with E-state index >= 15 is 0 Å². The third-order valence-electron chi connectivity index (χ3n) is 4.88. The summed E-state index contributed by atoms with van der Waals surface area (Å²) in [4.78, 5) is 0.